The molecule has 0 radical (unpaired) electrons. The van der Waals surface area contributed by atoms with Gasteiger partial charge < -0.3 is 10.6 Å². The van der Waals surface area contributed by atoms with Crippen molar-refractivity contribution in [3.05, 3.63) is 24.0 Å². The fraction of sp³-hybridized carbons (Fsp3) is 0.538. The molecule has 2 N–H and O–H groups in total. The molecule has 0 spiro atoms. The lowest BCUT2D eigenvalue weighted by molar-refractivity contribution is 0.170. The molecule has 4 heteroatoms. The molecular weight excluding hydrogens is 217 g/mol. The number of likely N-dealkylation sites (N-methyl/N-ethyl adjacent to an activating group) is 1. The minimum Gasteiger partial charge on any atom is -0.399 e. The number of piperazine rings is 1. The average molecular weight is 237 g/mol. The highest BCUT2D eigenvalue weighted by Crippen LogP contribution is 2.24. The standard InChI is InChI=1S/C13H20FN3/c1-9-7-17(8-10(2)16(9)3)13-5-11(14)4-12(15)6-13/h4-6,9-10H,7-8,15H2,1-3H3. The number of nitrogens with zero attached hydrogens (tertiary/aromatic N) is 2. The second kappa shape index (κ2) is 4.53. The Morgan fingerprint density at radius 3 is 2.29 bits per heavy atom. The second-order valence-corrected chi connectivity index (χ2v) is 5.01. The van der Waals surface area contributed by atoms with Crippen molar-refractivity contribution in [3.8, 4) is 0 Å². The van der Waals surface area contributed by atoms with Crippen molar-refractivity contribution in [2.24, 2.45) is 0 Å². The summed E-state index contributed by atoms with van der Waals surface area (Å²) in [5.74, 6) is -0.265. The zero-order valence-electron chi connectivity index (χ0n) is 10.7. The molecule has 1 heterocycles. The minimum atomic E-state index is -0.265. The van der Waals surface area contributed by atoms with E-state index in [0.717, 1.165) is 18.8 Å². The Bertz CT molecular complexity index is 375. The summed E-state index contributed by atoms with van der Waals surface area (Å²) < 4.78 is 13.3. The summed E-state index contributed by atoms with van der Waals surface area (Å²) >= 11 is 0. The number of rotatable bonds is 1. The summed E-state index contributed by atoms with van der Waals surface area (Å²) in [5, 5.41) is 0. The fourth-order valence-electron chi connectivity index (χ4n) is 2.39. The third kappa shape index (κ3) is 2.52. The average Bonchev–Trinajstić information content (AvgIpc) is 2.23. The number of halogens is 1. The molecule has 1 aliphatic heterocycles. The van der Waals surface area contributed by atoms with E-state index in [1.807, 2.05) is 6.07 Å². The number of hydrogen-bond acceptors (Lipinski definition) is 3. The molecular formula is C13H20FN3. The van der Waals surface area contributed by atoms with Crippen LogP contribution in [0.5, 0.6) is 0 Å². The topological polar surface area (TPSA) is 32.5 Å². The van der Waals surface area contributed by atoms with Gasteiger partial charge in [-0.1, -0.05) is 0 Å². The summed E-state index contributed by atoms with van der Waals surface area (Å²) in [6, 6.07) is 5.67. The first-order valence-corrected chi connectivity index (χ1v) is 6.00. The van der Waals surface area contributed by atoms with Crippen molar-refractivity contribution in [1.82, 2.24) is 4.90 Å². The first kappa shape index (κ1) is 12.2. The molecule has 0 aromatic heterocycles. The van der Waals surface area contributed by atoms with Crippen LogP contribution in [-0.2, 0) is 0 Å². The number of benzene rings is 1. The van der Waals surface area contributed by atoms with E-state index in [4.69, 9.17) is 5.73 Å². The molecule has 2 unspecified atom stereocenters. The van der Waals surface area contributed by atoms with Crippen LogP contribution in [0.2, 0.25) is 0 Å². The Balaban J connectivity index is 2.22. The quantitative estimate of drug-likeness (QED) is 0.758. The summed E-state index contributed by atoms with van der Waals surface area (Å²) in [5.41, 5.74) is 7.05. The Hall–Kier alpha value is -1.29. The lowest BCUT2D eigenvalue weighted by Gasteiger charge is -2.43. The van der Waals surface area contributed by atoms with Gasteiger partial charge in [-0.15, -0.1) is 0 Å². The van der Waals surface area contributed by atoms with Crippen LogP contribution >= 0.6 is 0 Å². The maximum absolute atomic E-state index is 13.3. The Kier molecular flexibility index (Phi) is 3.24. The van der Waals surface area contributed by atoms with Gasteiger partial charge in [0, 0.05) is 36.5 Å². The zero-order chi connectivity index (χ0) is 12.6. The molecule has 1 aromatic rings. The van der Waals surface area contributed by atoms with Gasteiger partial charge in [-0.3, -0.25) is 4.90 Å². The van der Waals surface area contributed by atoms with Gasteiger partial charge >= 0.3 is 0 Å². The van der Waals surface area contributed by atoms with Crippen LogP contribution in [0, 0.1) is 5.82 Å². The van der Waals surface area contributed by atoms with E-state index >= 15 is 0 Å². The molecule has 0 amide bonds. The zero-order valence-corrected chi connectivity index (χ0v) is 10.7. The third-order valence-electron chi connectivity index (χ3n) is 3.63. The Morgan fingerprint density at radius 2 is 1.76 bits per heavy atom. The van der Waals surface area contributed by atoms with Gasteiger partial charge in [-0.05, 0) is 39.1 Å². The van der Waals surface area contributed by atoms with Crippen LogP contribution in [0.1, 0.15) is 13.8 Å². The van der Waals surface area contributed by atoms with E-state index in [2.05, 4.69) is 30.7 Å². The highest BCUT2D eigenvalue weighted by molar-refractivity contribution is 5.56. The van der Waals surface area contributed by atoms with Gasteiger partial charge in [0.25, 0.3) is 0 Å². The van der Waals surface area contributed by atoms with E-state index in [0.29, 0.717) is 17.8 Å². The molecule has 1 aromatic carbocycles. The molecule has 3 nitrogen and oxygen atoms in total. The van der Waals surface area contributed by atoms with Crippen LogP contribution in [0.4, 0.5) is 15.8 Å². The summed E-state index contributed by atoms with van der Waals surface area (Å²) in [6.07, 6.45) is 0. The van der Waals surface area contributed by atoms with E-state index in [-0.39, 0.29) is 5.82 Å². The van der Waals surface area contributed by atoms with Gasteiger partial charge in [0.1, 0.15) is 5.82 Å². The highest BCUT2D eigenvalue weighted by Gasteiger charge is 2.26. The second-order valence-electron chi connectivity index (χ2n) is 5.01. The van der Waals surface area contributed by atoms with Gasteiger partial charge in [0.05, 0.1) is 0 Å². The largest absolute Gasteiger partial charge is 0.399 e. The van der Waals surface area contributed by atoms with Crippen molar-refractivity contribution in [2.75, 3.05) is 30.8 Å². The maximum Gasteiger partial charge on any atom is 0.127 e. The Morgan fingerprint density at radius 1 is 1.18 bits per heavy atom. The third-order valence-corrected chi connectivity index (χ3v) is 3.63. The van der Waals surface area contributed by atoms with Gasteiger partial charge in [-0.2, -0.15) is 0 Å². The monoisotopic (exact) mass is 237 g/mol. The molecule has 0 aliphatic carbocycles. The highest BCUT2D eigenvalue weighted by atomic mass is 19.1. The van der Waals surface area contributed by atoms with Crippen LogP contribution in [0.25, 0.3) is 0 Å². The summed E-state index contributed by atoms with van der Waals surface area (Å²) in [6.45, 7) is 6.18. The molecule has 0 bridgehead atoms. The van der Waals surface area contributed by atoms with Gasteiger partial charge in [-0.25, -0.2) is 4.39 Å². The fourth-order valence-corrected chi connectivity index (χ4v) is 2.39. The number of nitrogens with two attached hydrogens (primary N) is 1. The normalized spacial score (nSPS) is 26.2. The number of hydrogen-bond donors (Lipinski definition) is 1. The van der Waals surface area contributed by atoms with E-state index in [9.17, 15) is 4.39 Å². The molecule has 1 fully saturated rings. The van der Waals surface area contributed by atoms with Crippen molar-refractivity contribution in [2.45, 2.75) is 25.9 Å². The first-order chi connectivity index (χ1) is 7.97. The predicted molar refractivity (Wildman–Crippen MR) is 69.7 cm³/mol. The molecule has 0 saturated carbocycles. The van der Waals surface area contributed by atoms with E-state index in [1.54, 1.807) is 6.07 Å². The number of anilines is 2. The van der Waals surface area contributed by atoms with E-state index in [1.165, 1.54) is 6.07 Å². The molecule has 94 valence electrons. The number of nitrogen functional groups attached to an aromatic ring is 1. The minimum absolute atomic E-state index is 0.265. The van der Waals surface area contributed by atoms with Gasteiger partial charge in [0.15, 0.2) is 0 Å². The molecule has 1 aliphatic rings. The van der Waals surface area contributed by atoms with Crippen LogP contribution in [0.3, 0.4) is 0 Å². The SMILES string of the molecule is CC1CN(c2cc(N)cc(F)c2)CC(C)N1C. The molecule has 2 rings (SSSR count). The summed E-state index contributed by atoms with van der Waals surface area (Å²) in [4.78, 5) is 4.55. The van der Waals surface area contributed by atoms with Crippen LogP contribution in [-0.4, -0.2) is 37.1 Å². The van der Waals surface area contributed by atoms with E-state index < -0.39 is 0 Å². The maximum atomic E-state index is 13.3. The summed E-state index contributed by atoms with van der Waals surface area (Å²) in [7, 11) is 2.13. The molecule has 2 atom stereocenters. The van der Waals surface area contributed by atoms with Crippen LogP contribution in [0.15, 0.2) is 18.2 Å². The van der Waals surface area contributed by atoms with Crippen molar-refractivity contribution in [1.29, 1.82) is 0 Å². The van der Waals surface area contributed by atoms with Crippen molar-refractivity contribution < 1.29 is 4.39 Å². The van der Waals surface area contributed by atoms with Crippen LogP contribution < -0.4 is 10.6 Å². The first-order valence-electron chi connectivity index (χ1n) is 6.00. The van der Waals surface area contributed by atoms with Gasteiger partial charge in [0.2, 0.25) is 0 Å². The van der Waals surface area contributed by atoms with Crippen molar-refractivity contribution in [3.63, 3.8) is 0 Å². The molecule has 17 heavy (non-hydrogen) atoms. The smallest absolute Gasteiger partial charge is 0.127 e. The van der Waals surface area contributed by atoms with Crippen molar-refractivity contribution >= 4 is 11.4 Å². The molecule has 1 saturated heterocycles. The lowest BCUT2D eigenvalue weighted by Crippen LogP contribution is -2.55. The predicted octanol–water partition coefficient (Wildman–Crippen LogP) is 1.94. The lowest BCUT2D eigenvalue weighted by atomic mass is 10.1. The Labute approximate surface area is 102 Å².